The number of para-hydroxylation sites is 3. The van der Waals surface area contributed by atoms with Crippen LogP contribution in [-0.4, -0.2) is 26.8 Å². The Kier molecular flexibility index (Phi) is 5.94. The van der Waals surface area contributed by atoms with E-state index >= 15 is 0 Å². The summed E-state index contributed by atoms with van der Waals surface area (Å²) in [6, 6.07) is 23.5. The zero-order valence-corrected chi connectivity index (χ0v) is 17.4. The van der Waals surface area contributed by atoms with Crippen LogP contribution >= 0.6 is 0 Å². The number of benzene rings is 3. The lowest BCUT2D eigenvalue weighted by Gasteiger charge is -2.09. The van der Waals surface area contributed by atoms with E-state index in [0.29, 0.717) is 29.2 Å². The number of aromatic nitrogens is 3. The number of carbonyl (C=O) groups is 2. The molecule has 160 valence electrons. The number of nitrogens with zero attached hydrogens (tertiary/aromatic N) is 3. The van der Waals surface area contributed by atoms with Gasteiger partial charge in [0.1, 0.15) is 0 Å². The van der Waals surface area contributed by atoms with Crippen molar-refractivity contribution >= 4 is 23.2 Å². The summed E-state index contributed by atoms with van der Waals surface area (Å²) in [5.74, 6) is -0.572. The first-order valence-electron chi connectivity index (χ1n) is 10.0. The molecule has 0 saturated carbocycles. The first-order valence-corrected chi connectivity index (χ1v) is 10.0. The average Bonchev–Trinajstić information content (AvgIpc) is 3.21. The van der Waals surface area contributed by atoms with Gasteiger partial charge in [-0.3, -0.25) is 9.59 Å². The quantitative estimate of drug-likeness (QED) is 0.409. The lowest BCUT2D eigenvalue weighted by atomic mass is 10.1. The van der Waals surface area contributed by atoms with E-state index in [1.54, 1.807) is 55.5 Å². The van der Waals surface area contributed by atoms with Crippen LogP contribution in [0.2, 0.25) is 0 Å². The molecule has 3 aromatic carbocycles. The molecule has 0 aliphatic carbocycles. The van der Waals surface area contributed by atoms with E-state index < -0.39 is 0 Å². The van der Waals surface area contributed by atoms with Gasteiger partial charge in [0.15, 0.2) is 5.69 Å². The van der Waals surface area contributed by atoms with Crippen LogP contribution in [0.5, 0.6) is 0 Å². The van der Waals surface area contributed by atoms with Crippen LogP contribution in [0.15, 0.2) is 78.9 Å². The molecule has 32 heavy (non-hydrogen) atoms. The number of nitrogen functional groups attached to an aromatic ring is 1. The molecule has 0 unspecified atom stereocenters. The van der Waals surface area contributed by atoms with E-state index in [2.05, 4.69) is 20.8 Å². The molecule has 0 atom stereocenters. The molecule has 0 aliphatic heterocycles. The maximum absolute atomic E-state index is 12.6. The van der Waals surface area contributed by atoms with Crippen LogP contribution in [0, 0.1) is 6.92 Å². The van der Waals surface area contributed by atoms with Crippen molar-refractivity contribution in [2.75, 3.05) is 11.1 Å². The fourth-order valence-corrected chi connectivity index (χ4v) is 3.11. The third-order valence-electron chi connectivity index (χ3n) is 4.86. The molecular weight excluding hydrogens is 404 g/mol. The third-order valence-corrected chi connectivity index (χ3v) is 4.86. The Morgan fingerprint density at radius 1 is 0.875 bits per heavy atom. The number of hydrogen-bond donors (Lipinski definition) is 3. The van der Waals surface area contributed by atoms with Gasteiger partial charge in [0, 0.05) is 12.1 Å². The van der Waals surface area contributed by atoms with E-state index in [1.165, 1.54) is 4.80 Å². The number of anilines is 2. The summed E-state index contributed by atoms with van der Waals surface area (Å²) in [4.78, 5) is 26.5. The van der Waals surface area contributed by atoms with Crippen molar-refractivity contribution in [3.63, 3.8) is 0 Å². The van der Waals surface area contributed by atoms with Gasteiger partial charge < -0.3 is 16.4 Å². The number of aryl methyl sites for hydroxylation is 1. The molecule has 4 aromatic rings. The van der Waals surface area contributed by atoms with Crippen molar-refractivity contribution in [2.45, 2.75) is 13.5 Å². The normalized spacial score (nSPS) is 10.5. The zero-order valence-electron chi connectivity index (χ0n) is 17.4. The van der Waals surface area contributed by atoms with Crippen molar-refractivity contribution in [2.24, 2.45) is 0 Å². The minimum Gasteiger partial charge on any atom is -0.397 e. The predicted octanol–water partition coefficient (Wildman–Crippen LogP) is 3.34. The number of nitrogens with one attached hydrogen (secondary N) is 2. The molecule has 0 radical (unpaired) electrons. The zero-order chi connectivity index (χ0) is 22.5. The SMILES string of the molecule is Cc1nn(-c2ccccc2)nc1C(=O)NCc1ccc(C(=O)Nc2ccccc2N)cc1. The first-order chi connectivity index (χ1) is 15.5. The number of hydrogen-bond acceptors (Lipinski definition) is 5. The summed E-state index contributed by atoms with van der Waals surface area (Å²) in [6.45, 7) is 2.04. The first kappa shape index (κ1) is 20.8. The number of amides is 2. The smallest absolute Gasteiger partial charge is 0.274 e. The van der Waals surface area contributed by atoms with E-state index in [-0.39, 0.29) is 17.5 Å². The van der Waals surface area contributed by atoms with Crippen LogP contribution in [0.25, 0.3) is 5.69 Å². The van der Waals surface area contributed by atoms with Crippen molar-refractivity contribution in [3.05, 3.63) is 101 Å². The molecule has 0 aliphatic rings. The lowest BCUT2D eigenvalue weighted by molar-refractivity contribution is 0.0944. The van der Waals surface area contributed by atoms with Gasteiger partial charge in [-0.15, -0.1) is 5.10 Å². The second kappa shape index (κ2) is 9.13. The number of rotatable bonds is 6. The second-order valence-electron chi connectivity index (χ2n) is 7.18. The summed E-state index contributed by atoms with van der Waals surface area (Å²) >= 11 is 0. The highest BCUT2D eigenvalue weighted by molar-refractivity contribution is 6.05. The molecule has 0 spiro atoms. The van der Waals surface area contributed by atoms with E-state index in [1.807, 2.05) is 30.3 Å². The van der Waals surface area contributed by atoms with Gasteiger partial charge >= 0.3 is 0 Å². The van der Waals surface area contributed by atoms with Crippen LogP contribution in [0.4, 0.5) is 11.4 Å². The van der Waals surface area contributed by atoms with Crippen molar-refractivity contribution < 1.29 is 9.59 Å². The Hall–Kier alpha value is -4.46. The Morgan fingerprint density at radius 2 is 1.56 bits per heavy atom. The summed E-state index contributed by atoms with van der Waals surface area (Å²) in [7, 11) is 0. The van der Waals surface area contributed by atoms with Gasteiger partial charge in [-0.25, -0.2) is 0 Å². The molecule has 2 amide bonds. The molecule has 8 heteroatoms. The molecule has 8 nitrogen and oxygen atoms in total. The highest BCUT2D eigenvalue weighted by Gasteiger charge is 2.16. The van der Waals surface area contributed by atoms with Crippen molar-refractivity contribution in [1.29, 1.82) is 0 Å². The van der Waals surface area contributed by atoms with Crippen LogP contribution in [0.3, 0.4) is 0 Å². The highest BCUT2D eigenvalue weighted by atomic mass is 16.2. The molecule has 1 heterocycles. The fraction of sp³-hybridized carbons (Fsp3) is 0.0833. The van der Waals surface area contributed by atoms with Gasteiger partial charge in [-0.1, -0.05) is 42.5 Å². The standard InChI is InChI=1S/C24H22N6O2/c1-16-22(29-30(28-16)19-7-3-2-4-8-19)24(32)26-15-17-11-13-18(14-12-17)23(31)27-21-10-6-5-9-20(21)25/h2-14H,15,25H2,1H3,(H,26,32)(H,27,31). The average molecular weight is 426 g/mol. The van der Waals surface area contributed by atoms with E-state index in [9.17, 15) is 9.59 Å². The summed E-state index contributed by atoms with van der Waals surface area (Å²) in [5.41, 5.74) is 9.86. The van der Waals surface area contributed by atoms with Crippen LogP contribution in [-0.2, 0) is 6.54 Å². The second-order valence-corrected chi connectivity index (χ2v) is 7.18. The molecule has 4 rings (SSSR count). The van der Waals surface area contributed by atoms with Gasteiger partial charge in [-0.2, -0.15) is 9.90 Å². The van der Waals surface area contributed by atoms with Crippen molar-refractivity contribution in [1.82, 2.24) is 20.3 Å². The minimum absolute atomic E-state index is 0.258. The van der Waals surface area contributed by atoms with E-state index in [4.69, 9.17) is 5.73 Å². The fourth-order valence-electron chi connectivity index (χ4n) is 3.11. The molecule has 0 saturated heterocycles. The van der Waals surface area contributed by atoms with E-state index in [0.717, 1.165) is 11.3 Å². The maximum Gasteiger partial charge on any atom is 0.274 e. The van der Waals surface area contributed by atoms with Gasteiger partial charge in [0.2, 0.25) is 0 Å². The van der Waals surface area contributed by atoms with Gasteiger partial charge in [-0.05, 0) is 48.9 Å². The number of carbonyl (C=O) groups excluding carboxylic acids is 2. The minimum atomic E-state index is -0.314. The Bertz CT molecular complexity index is 1250. The largest absolute Gasteiger partial charge is 0.397 e. The summed E-state index contributed by atoms with van der Waals surface area (Å²) in [5, 5.41) is 14.3. The highest BCUT2D eigenvalue weighted by Crippen LogP contribution is 2.18. The Labute approximate surface area is 185 Å². The van der Waals surface area contributed by atoms with Crippen LogP contribution < -0.4 is 16.4 Å². The monoisotopic (exact) mass is 426 g/mol. The Morgan fingerprint density at radius 3 is 2.28 bits per heavy atom. The third kappa shape index (κ3) is 4.65. The predicted molar refractivity (Wildman–Crippen MR) is 123 cm³/mol. The van der Waals surface area contributed by atoms with Gasteiger partial charge in [0.05, 0.1) is 22.8 Å². The summed E-state index contributed by atoms with van der Waals surface area (Å²) < 4.78 is 0. The van der Waals surface area contributed by atoms with Crippen LogP contribution in [0.1, 0.15) is 32.1 Å². The molecule has 0 fully saturated rings. The Balaban J connectivity index is 1.37. The molecular formula is C24H22N6O2. The number of nitrogens with two attached hydrogens (primary N) is 1. The lowest BCUT2D eigenvalue weighted by Crippen LogP contribution is -2.24. The topological polar surface area (TPSA) is 115 Å². The van der Waals surface area contributed by atoms with Crippen molar-refractivity contribution in [3.8, 4) is 5.69 Å². The maximum atomic E-state index is 12.6. The van der Waals surface area contributed by atoms with Gasteiger partial charge in [0.25, 0.3) is 11.8 Å². The molecule has 1 aromatic heterocycles. The molecule has 0 bridgehead atoms. The molecule has 4 N–H and O–H groups in total. The summed E-state index contributed by atoms with van der Waals surface area (Å²) in [6.07, 6.45) is 0.